The Balaban J connectivity index is 1.53. The van der Waals surface area contributed by atoms with Gasteiger partial charge in [0.1, 0.15) is 5.65 Å². The highest BCUT2D eigenvalue weighted by molar-refractivity contribution is 5.69. The van der Waals surface area contributed by atoms with E-state index in [1.165, 1.54) is 0 Å². The number of hydrogen-bond donors (Lipinski definition) is 0. The molecular formula is C17H15N9. The highest BCUT2D eigenvalue weighted by Crippen LogP contribution is 2.18. The van der Waals surface area contributed by atoms with Crippen LogP contribution in [0.1, 0.15) is 12.5 Å². The first-order valence-electron chi connectivity index (χ1n) is 8.31. The molecule has 0 aromatic carbocycles. The summed E-state index contributed by atoms with van der Waals surface area (Å²) >= 11 is 0. The molecule has 26 heavy (non-hydrogen) atoms. The molecule has 0 atom stereocenters. The largest absolute Gasteiger partial charge is 0.307 e. The molecule has 0 aliphatic rings. The third-order valence-corrected chi connectivity index (χ3v) is 4.26. The van der Waals surface area contributed by atoms with Gasteiger partial charge >= 0.3 is 0 Å². The van der Waals surface area contributed by atoms with Crippen LogP contribution in [0.2, 0.25) is 0 Å². The summed E-state index contributed by atoms with van der Waals surface area (Å²) in [6.45, 7) is 3.41. The molecule has 5 heterocycles. The van der Waals surface area contributed by atoms with Crippen molar-refractivity contribution in [3.8, 4) is 11.3 Å². The number of fused-ring (bicyclic) bond motifs is 2. The topological polar surface area (TPSA) is 91.6 Å². The second-order valence-corrected chi connectivity index (χ2v) is 5.96. The second-order valence-electron chi connectivity index (χ2n) is 5.96. The fourth-order valence-corrected chi connectivity index (χ4v) is 2.90. The Morgan fingerprint density at radius 1 is 1.08 bits per heavy atom. The molecular weight excluding hydrogens is 330 g/mol. The Morgan fingerprint density at radius 2 is 2.04 bits per heavy atom. The van der Waals surface area contributed by atoms with Crippen molar-refractivity contribution in [2.24, 2.45) is 0 Å². The monoisotopic (exact) mass is 345 g/mol. The fraction of sp³-hybridized carbons (Fsp3) is 0.176. The Bertz CT molecular complexity index is 1210. The van der Waals surface area contributed by atoms with Crippen LogP contribution in [0.5, 0.6) is 0 Å². The molecule has 0 saturated carbocycles. The van der Waals surface area contributed by atoms with E-state index in [0.29, 0.717) is 17.8 Å². The average Bonchev–Trinajstić information content (AvgIpc) is 3.40. The van der Waals surface area contributed by atoms with E-state index in [9.17, 15) is 0 Å². The van der Waals surface area contributed by atoms with Gasteiger partial charge in [-0.15, -0.1) is 5.10 Å². The Hall–Kier alpha value is -3.62. The van der Waals surface area contributed by atoms with Crippen LogP contribution in [0.4, 0.5) is 0 Å². The SMILES string of the molecule is CCn1cc(-c2cnc3nnn(Cc4ccc5nccn5c4)c3n2)cn1. The van der Waals surface area contributed by atoms with E-state index in [-0.39, 0.29) is 0 Å². The van der Waals surface area contributed by atoms with Gasteiger partial charge in [0.2, 0.25) is 5.65 Å². The van der Waals surface area contributed by atoms with Gasteiger partial charge in [-0.3, -0.25) is 4.68 Å². The van der Waals surface area contributed by atoms with Gasteiger partial charge < -0.3 is 4.40 Å². The molecule has 0 saturated heterocycles. The lowest BCUT2D eigenvalue weighted by atomic mass is 10.2. The zero-order valence-corrected chi connectivity index (χ0v) is 14.1. The standard InChI is InChI=1S/C17H15N9/c1-2-25-11-13(7-20-25)14-8-19-16-17(21-14)26(23-22-16)10-12-3-4-15-18-5-6-24(15)9-12/h3-9,11H,2,10H2,1H3. The van der Waals surface area contributed by atoms with E-state index in [0.717, 1.165) is 29.0 Å². The first-order valence-corrected chi connectivity index (χ1v) is 8.31. The Labute approximate surface area is 148 Å². The minimum absolute atomic E-state index is 0.528. The Kier molecular flexibility index (Phi) is 3.24. The van der Waals surface area contributed by atoms with Crippen LogP contribution in [0, 0.1) is 0 Å². The number of rotatable bonds is 4. The number of hydrogen-bond acceptors (Lipinski definition) is 6. The second kappa shape index (κ2) is 5.73. The van der Waals surface area contributed by atoms with Gasteiger partial charge in [0.05, 0.1) is 24.6 Å². The van der Waals surface area contributed by atoms with E-state index in [4.69, 9.17) is 4.98 Å². The van der Waals surface area contributed by atoms with E-state index >= 15 is 0 Å². The van der Waals surface area contributed by atoms with Gasteiger partial charge in [0, 0.05) is 36.9 Å². The lowest BCUT2D eigenvalue weighted by Crippen LogP contribution is -2.04. The minimum atomic E-state index is 0.528. The number of aryl methyl sites for hydroxylation is 1. The van der Waals surface area contributed by atoms with Crippen LogP contribution in [-0.2, 0) is 13.1 Å². The van der Waals surface area contributed by atoms with Gasteiger partial charge in [0.15, 0.2) is 5.65 Å². The van der Waals surface area contributed by atoms with E-state index < -0.39 is 0 Å². The summed E-state index contributed by atoms with van der Waals surface area (Å²) in [5.41, 5.74) is 4.85. The lowest BCUT2D eigenvalue weighted by Gasteiger charge is -2.04. The van der Waals surface area contributed by atoms with Crippen molar-refractivity contribution < 1.29 is 0 Å². The van der Waals surface area contributed by atoms with Crippen LogP contribution in [0.15, 0.2) is 49.3 Å². The number of nitrogens with zero attached hydrogens (tertiary/aromatic N) is 9. The normalized spacial score (nSPS) is 11.6. The van der Waals surface area contributed by atoms with Crippen LogP contribution in [0.3, 0.4) is 0 Å². The smallest absolute Gasteiger partial charge is 0.221 e. The molecule has 0 amide bonds. The van der Waals surface area contributed by atoms with Crippen molar-refractivity contribution in [2.75, 3.05) is 0 Å². The molecule has 0 radical (unpaired) electrons. The molecule has 0 N–H and O–H groups in total. The molecule has 128 valence electrons. The van der Waals surface area contributed by atoms with Gasteiger partial charge in [-0.1, -0.05) is 11.3 Å². The van der Waals surface area contributed by atoms with Gasteiger partial charge in [0.25, 0.3) is 0 Å². The summed E-state index contributed by atoms with van der Waals surface area (Å²) in [5.74, 6) is 0. The van der Waals surface area contributed by atoms with Crippen molar-refractivity contribution >= 4 is 16.9 Å². The summed E-state index contributed by atoms with van der Waals surface area (Å²) in [4.78, 5) is 13.4. The van der Waals surface area contributed by atoms with Crippen LogP contribution in [0.25, 0.3) is 28.2 Å². The maximum absolute atomic E-state index is 4.70. The summed E-state index contributed by atoms with van der Waals surface area (Å²) in [5, 5.41) is 12.6. The summed E-state index contributed by atoms with van der Waals surface area (Å²) < 4.78 is 5.59. The molecule has 9 heteroatoms. The quantitative estimate of drug-likeness (QED) is 0.493. The first-order chi connectivity index (χ1) is 12.8. The van der Waals surface area contributed by atoms with Crippen molar-refractivity contribution in [2.45, 2.75) is 20.0 Å². The van der Waals surface area contributed by atoms with E-state index in [1.54, 1.807) is 23.3 Å². The zero-order valence-electron chi connectivity index (χ0n) is 14.1. The molecule has 5 aromatic heterocycles. The number of imidazole rings is 1. The third-order valence-electron chi connectivity index (χ3n) is 4.26. The highest BCUT2D eigenvalue weighted by atomic mass is 15.5. The molecule has 0 aliphatic heterocycles. The molecule has 0 aliphatic carbocycles. The van der Waals surface area contributed by atoms with Crippen LogP contribution < -0.4 is 0 Å². The first kappa shape index (κ1) is 14.7. The summed E-state index contributed by atoms with van der Waals surface area (Å²) in [6, 6.07) is 4.00. The van der Waals surface area contributed by atoms with Crippen LogP contribution >= 0.6 is 0 Å². The maximum Gasteiger partial charge on any atom is 0.221 e. The van der Waals surface area contributed by atoms with Crippen LogP contribution in [-0.4, -0.2) is 44.1 Å². The average molecular weight is 345 g/mol. The van der Waals surface area contributed by atoms with Crippen molar-refractivity contribution in [3.05, 3.63) is 54.9 Å². The highest BCUT2D eigenvalue weighted by Gasteiger charge is 2.12. The molecule has 0 unspecified atom stereocenters. The van der Waals surface area contributed by atoms with Gasteiger partial charge in [-0.2, -0.15) is 5.10 Å². The van der Waals surface area contributed by atoms with E-state index in [2.05, 4.69) is 25.4 Å². The van der Waals surface area contributed by atoms with Crippen molar-refractivity contribution in [1.82, 2.24) is 44.1 Å². The Morgan fingerprint density at radius 3 is 2.92 bits per heavy atom. The number of pyridine rings is 1. The maximum atomic E-state index is 4.70. The van der Waals surface area contributed by atoms with Gasteiger partial charge in [-0.05, 0) is 18.6 Å². The molecule has 9 nitrogen and oxygen atoms in total. The predicted molar refractivity (Wildman–Crippen MR) is 94.3 cm³/mol. The summed E-state index contributed by atoms with van der Waals surface area (Å²) in [6.07, 6.45) is 11.2. The zero-order chi connectivity index (χ0) is 17.5. The number of aromatic nitrogens is 9. The molecule has 0 bridgehead atoms. The lowest BCUT2D eigenvalue weighted by molar-refractivity contribution is 0.660. The van der Waals surface area contributed by atoms with Crippen molar-refractivity contribution in [1.29, 1.82) is 0 Å². The van der Waals surface area contributed by atoms with E-state index in [1.807, 2.05) is 46.7 Å². The minimum Gasteiger partial charge on any atom is -0.307 e. The third kappa shape index (κ3) is 2.41. The molecule has 0 fully saturated rings. The summed E-state index contributed by atoms with van der Waals surface area (Å²) in [7, 11) is 0. The molecule has 5 rings (SSSR count). The molecule has 5 aromatic rings. The van der Waals surface area contributed by atoms with Gasteiger partial charge in [-0.25, -0.2) is 19.6 Å². The molecule has 0 spiro atoms. The fourth-order valence-electron chi connectivity index (χ4n) is 2.90. The predicted octanol–water partition coefficient (Wildman–Crippen LogP) is 1.80. The van der Waals surface area contributed by atoms with Crippen molar-refractivity contribution in [3.63, 3.8) is 0 Å².